The zero-order valence-electron chi connectivity index (χ0n) is 16.2. The maximum atomic E-state index is 13.0. The van der Waals surface area contributed by atoms with Gasteiger partial charge in [-0.2, -0.15) is 0 Å². The Labute approximate surface area is 160 Å². The van der Waals surface area contributed by atoms with Gasteiger partial charge >= 0.3 is 6.03 Å². The molecule has 146 valence electrons. The Hall–Kier alpha value is -2.08. The summed E-state index contributed by atoms with van der Waals surface area (Å²) in [5, 5.41) is 3.02. The highest BCUT2D eigenvalue weighted by Gasteiger charge is 2.52. The maximum absolute atomic E-state index is 13.0. The van der Waals surface area contributed by atoms with Gasteiger partial charge in [-0.05, 0) is 61.6 Å². The number of urea groups is 1. The predicted octanol–water partition coefficient (Wildman–Crippen LogP) is 2.94. The van der Waals surface area contributed by atoms with Crippen LogP contribution in [0.1, 0.15) is 50.5 Å². The minimum absolute atomic E-state index is 0.0210. The molecule has 6 nitrogen and oxygen atoms in total. The van der Waals surface area contributed by atoms with Gasteiger partial charge in [-0.3, -0.25) is 9.69 Å². The first kappa shape index (κ1) is 18.3. The largest absolute Gasteiger partial charge is 0.497 e. The second-order valence-electron chi connectivity index (χ2n) is 8.41. The standard InChI is InChI=1S/C21H29N3O3/c1-15-7-10-21(11-8-15)19(25)24(20(26)22-21)14-23-12-9-17(13-23)16-3-5-18(27-2)6-4-16/h3-6,15,17H,7-14H2,1-2H3,(H,22,26). The molecule has 1 aromatic carbocycles. The van der Waals surface area contributed by atoms with Crippen LogP contribution in [0.5, 0.6) is 5.75 Å². The van der Waals surface area contributed by atoms with E-state index in [2.05, 4.69) is 29.3 Å². The molecule has 1 aromatic rings. The molecule has 1 atom stereocenters. The molecule has 4 rings (SSSR count). The van der Waals surface area contributed by atoms with Crippen LogP contribution >= 0.6 is 0 Å². The van der Waals surface area contributed by atoms with E-state index in [1.807, 2.05) is 12.1 Å². The van der Waals surface area contributed by atoms with E-state index in [4.69, 9.17) is 4.74 Å². The molecule has 1 spiro atoms. The smallest absolute Gasteiger partial charge is 0.326 e. The summed E-state index contributed by atoms with van der Waals surface area (Å²) in [5.74, 6) is 1.91. The average Bonchev–Trinajstić information content (AvgIpc) is 3.24. The van der Waals surface area contributed by atoms with Crippen LogP contribution in [0.4, 0.5) is 4.79 Å². The van der Waals surface area contributed by atoms with Crippen molar-refractivity contribution in [3.05, 3.63) is 29.8 Å². The summed E-state index contributed by atoms with van der Waals surface area (Å²) in [6.45, 7) is 4.38. The molecule has 6 heteroatoms. The molecule has 0 bridgehead atoms. The molecule has 3 fully saturated rings. The fraction of sp³-hybridized carbons (Fsp3) is 0.619. The quantitative estimate of drug-likeness (QED) is 0.827. The van der Waals surface area contributed by atoms with E-state index in [9.17, 15) is 9.59 Å². The number of hydrogen-bond donors (Lipinski definition) is 1. The number of imide groups is 1. The Kier molecular flexibility index (Phi) is 4.84. The molecule has 2 saturated heterocycles. The first-order chi connectivity index (χ1) is 13.0. The predicted molar refractivity (Wildman–Crippen MR) is 103 cm³/mol. The maximum Gasteiger partial charge on any atom is 0.326 e. The van der Waals surface area contributed by atoms with Crippen LogP contribution in [-0.4, -0.2) is 54.1 Å². The number of carbonyl (C=O) groups excluding carboxylic acids is 2. The van der Waals surface area contributed by atoms with E-state index < -0.39 is 5.54 Å². The van der Waals surface area contributed by atoms with Gasteiger partial charge in [-0.1, -0.05) is 19.1 Å². The van der Waals surface area contributed by atoms with Crippen LogP contribution in [-0.2, 0) is 4.79 Å². The van der Waals surface area contributed by atoms with Crippen molar-refractivity contribution in [2.45, 2.75) is 50.5 Å². The number of benzene rings is 1. The average molecular weight is 371 g/mol. The van der Waals surface area contributed by atoms with Gasteiger partial charge in [0.1, 0.15) is 11.3 Å². The van der Waals surface area contributed by atoms with Crippen molar-refractivity contribution in [1.82, 2.24) is 15.1 Å². The summed E-state index contributed by atoms with van der Waals surface area (Å²) in [5.41, 5.74) is 0.645. The first-order valence-corrected chi connectivity index (χ1v) is 10.0. The van der Waals surface area contributed by atoms with Gasteiger partial charge in [0.05, 0.1) is 13.8 Å². The number of carbonyl (C=O) groups is 2. The summed E-state index contributed by atoms with van der Waals surface area (Å²) < 4.78 is 5.23. The van der Waals surface area contributed by atoms with E-state index in [-0.39, 0.29) is 11.9 Å². The monoisotopic (exact) mass is 371 g/mol. The third-order valence-corrected chi connectivity index (χ3v) is 6.57. The summed E-state index contributed by atoms with van der Waals surface area (Å²) >= 11 is 0. The van der Waals surface area contributed by atoms with Gasteiger partial charge in [-0.15, -0.1) is 0 Å². The number of hydrogen-bond acceptors (Lipinski definition) is 4. The molecule has 1 N–H and O–H groups in total. The Bertz CT molecular complexity index is 710. The van der Waals surface area contributed by atoms with Gasteiger partial charge in [0, 0.05) is 13.1 Å². The number of rotatable bonds is 4. The van der Waals surface area contributed by atoms with Gasteiger partial charge in [0.25, 0.3) is 5.91 Å². The fourth-order valence-electron chi connectivity index (χ4n) is 4.71. The summed E-state index contributed by atoms with van der Waals surface area (Å²) in [4.78, 5) is 29.2. The lowest BCUT2D eigenvalue weighted by atomic mass is 9.77. The molecule has 1 saturated carbocycles. The van der Waals surface area contributed by atoms with E-state index in [1.165, 1.54) is 10.5 Å². The number of ether oxygens (including phenoxy) is 1. The third-order valence-electron chi connectivity index (χ3n) is 6.57. The van der Waals surface area contributed by atoms with E-state index in [0.717, 1.165) is 50.9 Å². The normalized spacial score (nSPS) is 31.6. The van der Waals surface area contributed by atoms with E-state index >= 15 is 0 Å². The Morgan fingerprint density at radius 2 is 1.85 bits per heavy atom. The zero-order valence-corrected chi connectivity index (χ0v) is 16.2. The van der Waals surface area contributed by atoms with Crippen LogP contribution in [0.15, 0.2) is 24.3 Å². The number of nitrogens with zero attached hydrogens (tertiary/aromatic N) is 2. The van der Waals surface area contributed by atoms with Crippen molar-refractivity contribution < 1.29 is 14.3 Å². The number of likely N-dealkylation sites (tertiary alicyclic amines) is 1. The Balaban J connectivity index is 1.38. The third kappa shape index (κ3) is 3.43. The Morgan fingerprint density at radius 1 is 1.15 bits per heavy atom. The zero-order chi connectivity index (χ0) is 19.0. The van der Waals surface area contributed by atoms with Gasteiger partial charge in [0.15, 0.2) is 0 Å². The molecule has 27 heavy (non-hydrogen) atoms. The topological polar surface area (TPSA) is 61.9 Å². The van der Waals surface area contributed by atoms with Crippen molar-refractivity contribution in [2.24, 2.45) is 5.92 Å². The highest BCUT2D eigenvalue weighted by molar-refractivity contribution is 6.07. The van der Waals surface area contributed by atoms with Gasteiger partial charge in [0.2, 0.25) is 0 Å². The van der Waals surface area contributed by atoms with Crippen LogP contribution in [0.25, 0.3) is 0 Å². The summed E-state index contributed by atoms with van der Waals surface area (Å²) in [6.07, 6.45) is 4.58. The van der Waals surface area contributed by atoms with E-state index in [1.54, 1.807) is 7.11 Å². The molecule has 1 unspecified atom stereocenters. The number of amides is 3. The Morgan fingerprint density at radius 3 is 2.52 bits per heavy atom. The molecular weight excluding hydrogens is 342 g/mol. The lowest BCUT2D eigenvalue weighted by Gasteiger charge is -2.33. The van der Waals surface area contributed by atoms with Gasteiger partial charge < -0.3 is 10.1 Å². The van der Waals surface area contributed by atoms with Gasteiger partial charge in [-0.25, -0.2) is 9.69 Å². The summed E-state index contributed by atoms with van der Waals surface area (Å²) in [6, 6.07) is 7.98. The minimum atomic E-state index is -0.640. The van der Waals surface area contributed by atoms with Crippen molar-refractivity contribution in [3.8, 4) is 5.75 Å². The summed E-state index contributed by atoms with van der Waals surface area (Å²) in [7, 11) is 1.67. The van der Waals surface area contributed by atoms with Crippen LogP contribution < -0.4 is 10.1 Å². The molecule has 3 amide bonds. The van der Waals surface area contributed by atoms with Crippen molar-refractivity contribution in [2.75, 3.05) is 26.9 Å². The van der Waals surface area contributed by atoms with Crippen molar-refractivity contribution in [1.29, 1.82) is 0 Å². The van der Waals surface area contributed by atoms with Crippen LogP contribution in [0.2, 0.25) is 0 Å². The van der Waals surface area contributed by atoms with E-state index in [0.29, 0.717) is 18.5 Å². The molecule has 0 aromatic heterocycles. The second kappa shape index (κ2) is 7.15. The second-order valence-corrected chi connectivity index (χ2v) is 8.41. The lowest BCUT2D eigenvalue weighted by molar-refractivity contribution is -0.134. The number of nitrogens with one attached hydrogen (secondary N) is 1. The molecule has 2 aliphatic heterocycles. The lowest BCUT2D eigenvalue weighted by Crippen LogP contribution is -2.50. The SMILES string of the molecule is COc1ccc(C2CCN(CN3C(=O)NC4(CCC(C)CC4)C3=O)C2)cc1. The molecule has 0 radical (unpaired) electrons. The van der Waals surface area contributed by atoms with Crippen LogP contribution in [0, 0.1) is 5.92 Å². The first-order valence-electron chi connectivity index (χ1n) is 10.0. The number of methoxy groups -OCH3 is 1. The van der Waals surface area contributed by atoms with Crippen LogP contribution in [0.3, 0.4) is 0 Å². The molecule has 1 aliphatic carbocycles. The molecule has 3 aliphatic rings. The van der Waals surface area contributed by atoms with Crippen molar-refractivity contribution in [3.63, 3.8) is 0 Å². The fourth-order valence-corrected chi connectivity index (χ4v) is 4.71. The molecule has 2 heterocycles. The minimum Gasteiger partial charge on any atom is -0.497 e. The van der Waals surface area contributed by atoms with Crippen molar-refractivity contribution >= 4 is 11.9 Å². The highest BCUT2D eigenvalue weighted by atomic mass is 16.5. The molecular formula is C21H29N3O3. The highest BCUT2D eigenvalue weighted by Crippen LogP contribution is 2.37.